The van der Waals surface area contributed by atoms with E-state index in [-0.39, 0.29) is 5.92 Å². The van der Waals surface area contributed by atoms with Crippen molar-refractivity contribution < 1.29 is 9.84 Å². The summed E-state index contributed by atoms with van der Waals surface area (Å²) in [4.78, 5) is 0. The van der Waals surface area contributed by atoms with Crippen LogP contribution in [0.25, 0.3) is 0 Å². The van der Waals surface area contributed by atoms with Crippen LogP contribution < -0.4 is 10.5 Å². The molecule has 1 saturated carbocycles. The van der Waals surface area contributed by atoms with Gasteiger partial charge in [0, 0.05) is 23.0 Å². The van der Waals surface area contributed by atoms with Crippen LogP contribution in [0.15, 0.2) is 18.2 Å². The molecule has 3 N–H and O–H groups in total. The van der Waals surface area contributed by atoms with Crippen LogP contribution >= 0.6 is 11.6 Å². The van der Waals surface area contributed by atoms with E-state index in [4.69, 9.17) is 22.1 Å². The maximum absolute atomic E-state index is 10.3. The van der Waals surface area contributed by atoms with Crippen molar-refractivity contribution in [3.05, 3.63) is 28.8 Å². The lowest BCUT2D eigenvalue weighted by atomic mass is 9.90. The Morgan fingerprint density at radius 2 is 2.22 bits per heavy atom. The summed E-state index contributed by atoms with van der Waals surface area (Å²) in [5.41, 5.74) is 6.72. The van der Waals surface area contributed by atoms with Gasteiger partial charge in [0.25, 0.3) is 0 Å². The zero-order valence-electron chi connectivity index (χ0n) is 10.6. The number of aliphatic hydroxyl groups excluding tert-OH is 1. The number of ether oxygens (including phenoxy) is 1. The molecule has 3 nitrogen and oxygen atoms in total. The molecule has 0 amide bonds. The Morgan fingerprint density at radius 1 is 1.50 bits per heavy atom. The lowest BCUT2D eigenvalue weighted by Crippen LogP contribution is -2.26. The van der Waals surface area contributed by atoms with Crippen LogP contribution in [0.2, 0.25) is 5.02 Å². The number of methoxy groups -OCH3 is 1. The first-order valence-corrected chi connectivity index (χ1v) is 6.75. The summed E-state index contributed by atoms with van der Waals surface area (Å²) < 4.78 is 5.33. The summed E-state index contributed by atoms with van der Waals surface area (Å²) in [6, 6.07) is 5.45. The van der Waals surface area contributed by atoms with Crippen LogP contribution in [-0.2, 0) is 0 Å². The third kappa shape index (κ3) is 3.16. The minimum Gasteiger partial charge on any atom is -0.496 e. The number of benzene rings is 1. The van der Waals surface area contributed by atoms with Crippen molar-refractivity contribution in [3.8, 4) is 5.75 Å². The molecule has 0 aromatic heterocycles. The fourth-order valence-corrected chi connectivity index (χ4v) is 2.53. The second-order valence-corrected chi connectivity index (χ2v) is 5.41. The molecule has 18 heavy (non-hydrogen) atoms. The SMILES string of the molecule is COc1ccc(Cl)cc1C(CN)C(O)CC1CC1. The molecule has 0 saturated heterocycles. The normalized spacial score (nSPS) is 18.4. The van der Waals surface area contributed by atoms with Crippen LogP contribution in [0.1, 0.15) is 30.7 Å². The first-order valence-electron chi connectivity index (χ1n) is 6.37. The largest absolute Gasteiger partial charge is 0.496 e. The van der Waals surface area contributed by atoms with Gasteiger partial charge in [0.05, 0.1) is 13.2 Å². The maximum atomic E-state index is 10.3. The fourth-order valence-electron chi connectivity index (χ4n) is 2.35. The first-order chi connectivity index (χ1) is 8.65. The van der Waals surface area contributed by atoms with Crippen LogP contribution in [0.4, 0.5) is 0 Å². The maximum Gasteiger partial charge on any atom is 0.122 e. The lowest BCUT2D eigenvalue weighted by Gasteiger charge is -2.24. The second kappa shape index (κ2) is 5.91. The molecule has 4 heteroatoms. The molecule has 2 rings (SSSR count). The Hall–Kier alpha value is -0.770. The average Bonchev–Trinajstić information content (AvgIpc) is 3.14. The zero-order valence-corrected chi connectivity index (χ0v) is 11.4. The molecule has 0 aliphatic heterocycles. The van der Waals surface area contributed by atoms with Crippen LogP contribution in [0, 0.1) is 5.92 Å². The quantitative estimate of drug-likeness (QED) is 0.834. The van der Waals surface area contributed by atoms with Gasteiger partial charge in [-0.25, -0.2) is 0 Å². The van der Waals surface area contributed by atoms with Crippen molar-refractivity contribution in [2.45, 2.75) is 31.3 Å². The van der Waals surface area contributed by atoms with Crippen LogP contribution in [-0.4, -0.2) is 24.9 Å². The topological polar surface area (TPSA) is 55.5 Å². The van der Waals surface area contributed by atoms with Crippen molar-refractivity contribution in [2.75, 3.05) is 13.7 Å². The van der Waals surface area contributed by atoms with Gasteiger partial charge in [0.1, 0.15) is 5.75 Å². The molecular formula is C14H20ClNO2. The van der Waals surface area contributed by atoms with Gasteiger partial charge >= 0.3 is 0 Å². The second-order valence-electron chi connectivity index (χ2n) is 4.97. The van der Waals surface area contributed by atoms with Gasteiger partial charge in [0.2, 0.25) is 0 Å². The number of hydrogen-bond donors (Lipinski definition) is 2. The highest BCUT2D eigenvalue weighted by molar-refractivity contribution is 6.30. The minimum absolute atomic E-state index is 0.112. The molecule has 0 spiro atoms. The first kappa shape index (κ1) is 13.7. The van der Waals surface area contributed by atoms with Gasteiger partial charge in [-0.15, -0.1) is 0 Å². The van der Waals surface area contributed by atoms with Gasteiger partial charge < -0.3 is 15.6 Å². The molecule has 2 unspecified atom stereocenters. The number of hydrogen-bond acceptors (Lipinski definition) is 3. The number of halogens is 1. The fraction of sp³-hybridized carbons (Fsp3) is 0.571. The molecule has 1 aromatic carbocycles. The highest BCUT2D eigenvalue weighted by Gasteiger charge is 2.30. The molecule has 1 aliphatic rings. The van der Waals surface area contributed by atoms with Crippen molar-refractivity contribution in [3.63, 3.8) is 0 Å². The van der Waals surface area contributed by atoms with Crippen molar-refractivity contribution in [2.24, 2.45) is 11.7 Å². The summed E-state index contributed by atoms with van der Waals surface area (Å²) >= 11 is 6.02. The predicted molar refractivity (Wildman–Crippen MR) is 73.1 cm³/mol. The molecule has 1 aromatic rings. The molecule has 2 atom stereocenters. The molecule has 0 radical (unpaired) electrons. The van der Waals surface area contributed by atoms with Gasteiger partial charge in [-0.05, 0) is 30.5 Å². The molecular weight excluding hydrogens is 250 g/mol. The van der Waals surface area contributed by atoms with E-state index in [2.05, 4.69) is 0 Å². The zero-order chi connectivity index (χ0) is 13.1. The Labute approximate surface area is 113 Å². The smallest absolute Gasteiger partial charge is 0.122 e. The summed E-state index contributed by atoms with van der Waals surface area (Å²) in [5, 5.41) is 10.9. The van der Waals surface area contributed by atoms with E-state index in [0.29, 0.717) is 17.5 Å². The summed E-state index contributed by atoms with van der Waals surface area (Å²) in [6.45, 7) is 0.393. The molecule has 100 valence electrons. The van der Waals surface area contributed by atoms with Gasteiger partial charge in [-0.3, -0.25) is 0 Å². The number of nitrogens with two attached hydrogens (primary N) is 1. The van der Waals surface area contributed by atoms with E-state index in [1.54, 1.807) is 13.2 Å². The number of rotatable bonds is 6. The summed E-state index contributed by atoms with van der Waals surface area (Å²) in [6.07, 6.45) is 2.84. The highest BCUT2D eigenvalue weighted by Crippen LogP contribution is 2.38. The summed E-state index contributed by atoms with van der Waals surface area (Å²) in [7, 11) is 1.62. The predicted octanol–water partition coefficient (Wildman–Crippen LogP) is 2.55. The van der Waals surface area contributed by atoms with E-state index < -0.39 is 6.10 Å². The lowest BCUT2D eigenvalue weighted by molar-refractivity contribution is 0.128. The van der Waals surface area contributed by atoms with Gasteiger partial charge in [-0.1, -0.05) is 24.4 Å². The van der Waals surface area contributed by atoms with E-state index in [0.717, 1.165) is 17.7 Å². The monoisotopic (exact) mass is 269 g/mol. The van der Waals surface area contributed by atoms with Crippen molar-refractivity contribution in [1.29, 1.82) is 0 Å². The average molecular weight is 270 g/mol. The molecule has 0 heterocycles. The van der Waals surface area contributed by atoms with Crippen molar-refractivity contribution >= 4 is 11.6 Å². The Balaban J connectivity index is 2.21. The Kier molecular flexibility index (Phi) is 4.49. The van der Waals surface area contributed by atoms with Crippen LogP contribution in [0.3, 0.4) is 0 Å². The standard InChI is InChI=1S/C14H20ClNO2/c1-18-14-5-4-10(15)7-11(14)12(8-16)13(17)6-9-2-3-9/h4-5,7,9,12-13,17H,2-3,6,8,16H2,1H3. The molecule has 1 fully saturated rings. The third-order valence-corrected chi connectivity index (χ3v) is 3.82. The Bertz CT molecular complexity index is 407. The molecule has 0 bridgehead atoms. The Morgan fingerprint density at radius 3 is 2.78 bits per heavy atom. The van der Waals surface area contributed by atoms with E-state index in [1.165, 1.54) is 12.8 Å². The van der Waals surface area contributed by atoms with Crippen molar-refractivity contribution in [1.82, 2.24) is 0 Å². The third-order valence-electron chi connectivity index (χ3n) is 3.58. The summed E-state index contributed by atoms with van der Waals surface area (Å²) in [5.74, 6) is 1.29. The van der Waals surface area contributed by atoms with Gasteiger partial charge in [0.15, 0.2) is 0 Å². The van der Waals surface area contributed by atoms with Crippen LogP contribution in [0.5, 0.6) is 5.75 Å². The molecule has 1 aliphatic carbocycles. The van der Waals surface area contributed by atoms with E-state index >= 15 is 0 Å². The van der Waals surface area contributed by atoms with E-state index in [9.17, 15) is 5.11 Å². The van der Waals surface area contributed by atoms with Gasteiger partial charge in [-0.2, -0.15) is 0 Å². The van der Waals surface area contributed by atoms with E-state index in [1.807, 2.05) is 12.1 Å². The number of aliphatic hydroxyl groups is 1. The minimum atomic E-state index is -0.421. The highest BCUT2D eigenvalue weighted by atomic mass is 35.5.